The summed E-state index contributed by atoms with van der Waals surface area (Å²) < 4.78 is 7.61. The highest BCUT2D eigenvalue weighted by Crippen LogP contribution is 2.55. The van der Waals surface area contributed by atoms with Gasteiger partial charge in [-0.15, -0.1) is 0 Å². The van der Waals surface area contributed by atoms with E-state index < -0.39 is 8.80 Å². The van der Waals surface area contributed by atoms with Gasteiger partial charge in [-0.25, -0.2) is 0 Å². The first-order valence-corrected chi connectivity index (χ1v) is 27.5. The van der Waals surface area contributed by atoms with Crippen LogP contribution in [0.1, 0.15) is 162 Å². The Kier molecular flexibility index (Phi) is 9.99. The van der Waals surface area contributed by atoms with Crippen molar-refractivity contribution in [1.82, 2.24) is 0 Å². The quantitative estimate of drug-likeness (QED) is 0.164. The molecule has 0 atom stereocenters. The molecular formula is C61H74BN2OSi. The second-order valence-electron chi connectivity index (χ2n) is 25.7. The molecule has 0 amide bonds. The number of anilines is 6. The lowest BCUT2D eigenvalue weighted by Gasteiger charge is -2.47. The number of aryl methyl sites for hydroxylation is 1. The largest absolute Gasteiger partial charge is 0.444 e. The van der Waals surface area contributed by atoms with Gasteiger partial charge in [-0.1, -0.05) is 164 Å². The van der Waals surface area contributed by atoms with Crippen molar-refractivity contribution in [2.75, 3.05) is 9.80 Å². The molecule has 1 aromatic heterocycles. The lowest BCUT2D eigenvalue weighted by atomic mass is 9.32. The summed E-state index contributed by atoms with van der Waals surface area (Å²) in [6, 6.07) is 36.6. The molecule has 1 radical (unpaired) electrons. The van der Waals surface area contributed by atoms with Crippen LogP contribution >= 0.6 is 0 Å². The maximum atomic E-state index is 7.61. The fourth-order valence-corrected chi connectivity index (χ4v) is 12.9. The van der Waals surface area contributed by atoms with Crippen LogP contribution in [-0.4, -0.2) is 15.5 Å². The summed E-state index contributed by atoms with van der Waals surface area (Å²) >= 11 is 0. The van der Waals surface area contributed by atoms with Crippen molar-refractivity contribution in [3.8, 4) is 11.1 Å². The topological polar surface area (TPSA) is 19.6 Å². The van der Waals surface area contributed by atoms with Gasteiger partial charge < -0.3 is 9.32 Å². The lowest BCUT2D eigenvalue weighted by Crippen LogP contribution is -2.63. The summed E-state index contributed by atoms with van der Waals surface area (Å²) in [7, 11) is -0.593. The highest BCUT2D eigenvalue weighted by molar-refractivity contribution is 7.00. The van der Waals surface area contributed by atoms with E-state index in [-0.39, 0.29) is 39.2 Å². The molecule has 2 aliphatic heterocycles. The number of hydrogen-bond acceptors (Lipinski definition) is 3. The number of hydrogen-bond donors (Lipinski definition) is 0. The monoisotopic (exact) mass is 890 g/mol. The van der Waals surface area contributed by atoms with Gasteiger partial charge in [-0.2, -0.15) is 0 Å². The molecule has 2 aliphatic carbocycles. The van der Waals surface area contributed by atoms with Gasteiger partial charge >= 0.3 is 0 Å². The molecule has 0 saturated heterocycles. The molecule has 5 aromatic carbocycles. The fraction of sp³-hybridized carbons (Fsp3) is 0.443. The second kappa shape index (κ2) is 14.6. The van der Waals surface area contributed by atoms with Crippen molar-refractivity contribution >= 4 is 71.4 Å². The Morgan fingerprint density at radius 2 is 1.09 bits per heavy atom. The van der Waals surface area contributed by atoms with Gasteiger partial charge in [0.15, 0.2) is 5.88 Å². The highest BCUT2D eigenvalue weighted by Gasteiger charge is 2.53. The number of benzene rings is 5. The number of rotatable bonds is 4. The molecular weight excluding hydrogens is 816 g/mol. The minimum atomic E-state index is -0.593. The van der Waals surface area contributed by atoms with E-state index in [1.807, 2.05) is 0 Å². The van der Waals surface area contributed by atoms with Crippen LogP contribution in [0.15, 0.2) is 95.4 Å². The Morgan fingerprint density at radius 3 is 1.68 bits per heavy atom. The maximum absolute atomic E-state index is 7.61. The summed E-state index contributed by atoms with van der Waals surface area (Å²) in [4.78, 5) is 5.22. The van der Waals surface area contributed by atoms with E-state index in [1.165, 1.54) is 101 Å². The number of furan rings is 1. The Hall–Kier alpha value is -4.74. The highest BCUT2D eigenvalue weighted by atomic mass is 28.3. The summed E-state index contributed by atoms with van der Waals surface area (Å²) in [5.74, 6) is 2.17. The molecule has 6 aromatic rings. The van der Waals surface area contributed by atoms with E-state index in [2.05, 4.69) is 218 Å². The molecule has 10 rings (SSSR count). The van der Waals surface area contributed by atoms with Crippen LogP contribution in [-0.2, 0) is 32.5 Å². The zero-order valence-electron chi connectivity index (χ0n) is 43.4. The third-order valence-corrected chi connectivity index (χ3v) is 18.0. The molecule has 66 heavy (non-hydrogen) atoms. The predicted octanol–water partition coefficient (Wildman–Crippen LogP) is 14.6. The van der Waals surface area contributed by atoms with Gasteiger partial charge in [-0.3, -0.25) is 4.90 Å². The Morgan fingerprint density at radius 1 is 0.545 bits per heavy atom. The third kappa shape index (κ3) is 6.94. The van der Waals surface area contributed by atoms with Crippen LogP contribution in [0, 0.1) is 6.92 Å². The van der Waals surface area contributed by atoms with Gasteiger partial charge in [0.25, 0.3) is 6.71 Å². The van der Waals surface area contributed by atoms with Gasteiger partial charge in [0.1, 0.15) is 5.76 Å². The Labute approximate surface area is 400 Å². The summed E-state index contributed by atoms with van der Waals surface area (Å²) in [6.45, 7) is 40.8. The second-order valence-corrected chi connectivity index (χ2v) is 28.3. The van der Waals surface area contributed by atoms with Crippen LogP contribution in [0.25, 0.3) is 11.1 Å². The van der Waals surface area contributed by atoms with Crippen LogP contribution in [0.4, 0.5) is 34.3 Å². The molecule has 4 aliphatic rings. The van der Waals surface area contributed by atoms with Crippen molar-refractivity contribution in [2.24, 2.45) is 0 Å². The Balaban J connectivity index is 1.36. The molecule has 0 fully saturated rings. The fourth-order valence-electron chi connectivity index (χ4n) is 12.1. The number of fused-ring (bicyclic) bond motifs is 7. The third-order valence-electron chi connectivity index (χ3n) is 16.6. The molecule has 0 saturated carbocycles. The van der Waals surface area contributed by atoms with Crippen LogP contribution < -0.4 is 31.4 Å². The van der Waals surface area contributed by atoms with Crippen molar-refractivity contribution < 1.29 is 4.42 Å². The first-order chi connectivity index (χ1) is 30.7. The van der Waals surface area contributed by atoms with Gasteiger partial charge in [0, 0.05) is 33.7 Å². The van der Waals surface area contributed by atoms with Crippen molar-refractivity contribution in [3.63, 3.8) is 0 Å². The van der Waals surface area contributed by atoms with Gasteiger partial charge in [-0.05, 0) is 157 Å². The minimum Gasteiger partial charge on any atom is -0.444 e. The zero-order valence-corrected chi connectivity index (χ0v) is 44.4. The normalized spacial score (nSPS) is 18.7. The predicted molar refractivity (Wildman–Crippen MR) is 288 cm³/mol. The van der Waals surface area contributed by atoms with E-state index in [0.29, 0.717) is 0 Å². The average Bonchev–Trinajstić information content (AvgIpc) is 3.66. The smallest absolute Gasteiger partial charge is 0.256 e. The average molecular weight is 890 g/mol. The Bertz CT molecular complexity index is 2930. The molecule has 0 N–H and O–H groups in total. The summed E-state index contributed by atoms with van der Waals surface area (Å²) in [5, 5.41) is 1.47. The van der Waals surface area contributed by atoms with Gasteiger partial charge in [0.2, 0.25) is 0 Å². The van der Waals surface area contributed by atoms with Gasteiger partial charge in [0.05, 0.1) is 14.5 Å². The molecule has 5 heteroatoms. The van der Waals surface area contributed by atoms with Crippen molar-refractivity contribution in [3.05, 3.63) is 130 Å². The van der Waals surface area contributed by atoms with Crippen LogP contribution in [0.2, 0.25) is 13.1 Å². The molecule has 3 nitrogen and oxygen atoms in total. The molecule has 3 heterocycles. The SMILES string of the molecule is Cc1cc2c3c(c1)N(c1ccc(C(C)(C)C)cc1)c1oc4c(c1B3c1cc3c(cc1N2c1ccc(C(C)(C)C)cc1-c1ccc([Si](C)C)cc1)C(C)(C)CCC3(C)C)C(C)(C)CCC4(C)C. The molecule has 0 unspecified atom stereocenters. The molecule has 0 spiro atoms. The van der Waals surface area contributed by atoms with E-state index in [9.17, 15) is 0 Å². The summed E-state index contributed by atoms with van der Waals surface area (Å²) in [6.07, 6.45) is 4.54. The van der Waals surface area contributed by atoms with Crippen LogP contribution in [0.3, 0.4) is 0 Å². The van der Waals surface area contributed by atoms with E-state index >= 15 is 0 Å². The number of nitrogens with zero attached hydrogens (tertiary/aromatic N) is 2. The van der Waals surface area contributed by atoms with E-state index in [4.69, 9.17) is 4.42 Å². The van der Waals surface area contributed by atoms with E-state index in [1.54, 1.807) is 0 Å². The summed E-state index contributed by atoms with van der Waals surface area (Å²) in [5.41, 5.74) is 21.1. The van der Waals surface area contributed by atoms with Crippen molar-refractivity contribution in [2.45, 2.75) is 175 Å². The van der Waals surface area contributed by atoms with Crippen molar-refractivity contribution in [1.29, 1.82) is 0 Å². The minimum absolute atomic E-state index is 0.0139. The lowest BCUT2D eigenvalue weighted by molar-refractivity contribution is 0.280. The molecule has 341 valence electrons. The first-order valence-electron chi connectivity index (χ1n) is 25.0. The standard InChI is InChI=1S/C61H74BN2OSi/c1-37-32-49-52-50(33-37)64(47-27-22-40(57(5,6)7)34-43(47)38-18-25-42(26-19-38)66(16)17)48-36-45-44(58(8,9)28-29-59(45,10)11)35-46(48)62(52)53-51-54(61(14,15)31-30-60(51,12)13)65-55(53)63(49)41-23-20-39(21-24-41)56(2,3)4/h18-27,32-36H,28-31H2,1-17H3. The van der Waals surface area contributed by atoms with Crippen LogP contribution in [0.5, 0.6) is 0 Å². The zero-order chi connectivity index (χ0) is 47.4. The van der Waals surface area contributed by atoms with E-state index in [0.717, 1.165) is 30.8 Å². The maximum Gasteiger partial charge on any atom is 0.256 e. The molecule has 0 bridgehead atoms. The first kappa shape index (κ1) is 45.1.